The largest absolute Gasteiger partial charge is 0.397 e. The van der Waals surface area contributed by atoms with Crippen LogP contribution in [0.4, 0.5) is 5.69 Å². The van der Waals surface area contributed by atoms with Crippen LogP contribution >= 0.6 is 11.3 Å². The molecule has 0 saturated carbocycles. The Kier molecular flexibility index (Phi) is 5.88. The van der Waals surface area contributed by atoms with Crippen molar-refractivity contribution in [2.75, 3.05) is 45.1 Å². The van der Waals surface area contributed by atoms with Crippen molar-refractivity contribution in [2.45, 2.75) is 26.2 Å². The third kappa shape index (κ3) is 3.94. The molecular formula is C18H26N4O2S. The Morgan fingerprint density at radius 1 is 1.32 bits per heavy atom. The number of fused-ring (bicyclic) bond motifs is 1. The van der Waals surface area contributed by atoms with E-state index in [0.717, 1.165) is 48.3 Å². The summed E-state index contributed by atoms with van der Waals surface area (Å²) < 4.78 is 0. The van der Waals surface area contributed by atoms with E-state index in [-0.39, 0.29) is 12.5 Å². The van der Waals surface area contributed by atoms with Gasteiger partial charge >= 0.3 is 0 Å². The molecule has 6 nitrogen and oxygen atoms in total. The van der Waals surface area contributed by atoms with Crippen LogP contribution in [0.15, 0.2) is 12.1 Å². The van der Waals surface area contributed by atoms with Gasteiger partial charge in [0.1, 0.15) is 9.71 Å². The van der Waals surface area contributed by atoms with E-state index in [0.29, 0.717) is 30.2 Å². The van der Waals surface area contributed by atoms with E-state index in [4.69, 9.17) is 10.8 Å². The van der Waals surface area contributed by atoms with Crippen LogP contribution in [-0.4, -0.2) is 65.1 Å². The van der Waals surface area contributed by atoms with Gasteiger partial charge in [0.05, 0.1) is 12.3 Å². The second kappa shape index (κ2) is 8.12. The third-order valence-electron chi connectivity index (χ3n) is 4.71. The summed E-state index contributed by atoms with van der Waals surface area (Å²) in [5, 5.41) is 9.90. The van der Waals surface area contributed by atoms with Crippen LogP contribution in [0.5, 0.6) is 0 Å². The van der Waals surface area contributed by atoms with Crippen molar-refractivity contribution in [3.63, 3.8) is 0 Å². The summed E-state index contributed by atoms with van der Waals surface area (Å²) in [7, 11) is 0. The molecule has 1 fully saturated rings. The summed E-state index contributed by atoms with van der Waals surface area (Å²) >= 11 is 1.40. The Bertz CT molecular complexity index is 738. The van der Waals surface area contributed by atoms with Gasteiger partial charge in [-0.15, -0.1) is 11.3 Å². The lowest BCUT2D eigenvalue weighted by atomic mass is 10.1. The second-order valence-electron chi connectivity index (χ2n) is 6.46. The number of amides is 1. The Labute approximate surface area is 152 Å². The minimum absolute atomic E-state index is 0.000688. The molecule has 136 valence electrons. The van der Waals surface area contributed by atoms with Gasteiger partial charge in [-0.3, -0.25) is 9.69 Å². The number of unbranched alkanes of at least 4 members (excludes halogenated alkanes) is 1. The second-order valence-corrected chi connectivity index (χ2v) is 7.46. The van der Waals surface area contributed by atoms with Crippen molar-refractivity contribution in [1.82, 2.24) is 14.8 Å². The van der Waals surface area contributed by atoms with Crippen LogP contribution in [0.2, 0.25) is 0 Å². The highest BCUT2D eigenvalue weighted by Crippen LogP contribution is 2.33. The van der Waals surface area contributed by atoms with Gasteiger partial charge in [-0.05, 0) is 25.0 Å². The Balaban J connectivity index is 1.76. The predicted octanol–water partition coefficient (Wildman–Crippen LogP) is 1.97. The zero-order valence-electron chi connectivity index (χ0n) is 14.7. The maximum atomic E-state index is 12.9. The van der Waals surface area contributed by atoms with Crippen LogP contribution in [0.25, 0.3) is 10.2 Å². The fraction of sp³-hybridized carbons (Fsp3) is 0.556. The monoisotopic (exact) mass is 362 g/mol. The molecule has 1 amide bonds. The molecule has 0 aromatic carbocycles. The summed E-state index contributed by atoms with van der Waals surface area (Å²) in [4.78, 5) is 23.0. The van der Waals surface area contributed by atoms with Gasteiger partial charge in [0.15, 0.2) is 0 Å². The number of carbonyl (C=O) groups excluding carboxylic acids is 1. The van der Waals surface area contributed by atoms with E-state index in [2.05, 4.69) is 16.8 Å². The van der Waals surface area contributed by atoms with Crippen LogP contribution in [0, 0.1) is 0 Å². The fourth-order valence-electron chi connectivity index (χ4n) is 3.15. The molecule has 3 heterocycles. The first-order valence-corrected chi connectivity index (χ1v) is 9.76. The highest BCUT2D eigenvalue weighted by atomic mass is 32.1. The van der Waals surface area contributed by atoms with E-state index in [1.54, 1.807) is 0 Å². The Morgan fingerprint density at radius 3 is 2.76 bits per heavy atom. The maximum Gasteiger partial charge on any atom is 0.266 e. The number of piperazine rings is 1. The lowest BCUT2D eigenvalue weighted by Crippen LogP contribution is -2.49. The predicted molar refractivity (Wildman–Crippen MR) is 102 cm³/mol. The number of aliphatic hydroxyl groups is 1. The zero-order chi connectivity index (χ0) is 17.8. The summed E-state index contributed by atoms with van der Waals surface area (Å²) in [6.45, 7) is 5.90. The molecule has 3 N–H and O–H groups in total. The maximum absolute atomic E-state index is 12.9. The lowest BCUT2D eigenvalue weighted by Gasteiger charge is -2.34. The number of thiophene rings is 1. The number of aromatic nitrogens is 1. The molecule has 3 rings (SSSR count). The first-order valence-electron chi connectivity index (χ1n) is 8.94. The number of nitrogen functional groups attached to an aromatic ring is 1. The number of aryl methyl sites for hydroxylation is 1. The number of β-amino-alcohol motifs (C(OH)–C–C–N with tert-alkyl or cyclic N) is 1. The van der Waals surface area contributed by atoms with Crippen molar-refractivity contribution < 1.29 is 9.90 Å². The van der Waals surface area contributed by atoms with Gasteiger partial charge in [0, 0.05) is 43.8 Å². The topological polar surface area (TPSA) is 82.7 Å². The average molecular weight is 362 g/mol. The molecule has 0 bridgehead atoms. The third-order valence-corrected chi connectivity index (χ3v) is 5.81. The van der Waals surface area contributed by atoms with Crippen LogP contribution in [0.3, 0.4) is 0 Å². The van der Waals surface area contributed by atoms with E-state index < -0.39 is 0 Å². The van der Waals surface area contributed by atoms with Crippen molar-refractivity contribution in [1.29, 1.82) is 0 Å². The number of hydrogen-bond donors (Lipinski definition) is 2. The number of nitrogens with zero attached hydrogens (tertiary/aromatic N) is 3. The van der Waals surface area contributed by atoms with E-state index in [9.17, 15) is 4.79 Å². The highest BCUT2D eigenvalue weighted by molar-refractivity contribution is 7.21. The van der Waals surface area contributed by atoms with Crippen LogP contribution in [-0.2, 0) is 6.42 Å². The summed E-state index contributed by atoms with van der Waals surface area (Å²) in [5.41, 5.74) is 7.87. The van der Waals surface area contributed by atoms with Crippen LogP contribution < -0.4 is 5.73 Å². The summed E-state index contributed by atoms with van der Waals surface area (Å²) in [5.74, 6) is -0.000688. The smallest absolute Gasteiger partial charge is 0.266 e. The Morgan fingerprint density at radius 2 is 2.08 bits per heavy atom. The normalized spacial score (nSPS) is 15.8. The molecule has 2 aromatic heterocycles. The molecule has 0 spiro atoms. The molecule has 2 aromatic rings. The first kappa shape index (κ1) is 18.1. The van der Waals surface area contributed by atoms with Gasteiger partial charge in [0.2, 0.25) is 0 Å². The fourth-order valence-corrected chi connectivity index (χ4v) is 4.23. The molecule has 1 aliphatic heterocycles. The van der Waals surface area contributed by atoms with E-state index in [1.165, 1.54) is 11.3 Å². The molecule has 25 heavy (non-hydrogen) atoms. The number of carbonyl (C=O) groups is 1. The standard InChI is InChI=1S/C18H26N4O2S/c1-2-3-4-13-5-6-14-15(19)16(25-17(14)20-13)18(24)22-9-7-21(8-10-22)11-12-23/h5-6,23H,2-4,7-12,19H2,1H3. The van der Waals surface area contributed by atoms with Crippen molar-refractivity contribution in [3.8, 4) is 0 Å². The molecule has 0 unspecified atom stereocenters. The number of rotatable bonds is 6. The van der Waals surface area contributed by atoms with Gasteiger partial charge < -0.3 is 15.7 Å². The lowest BCUT2D eigenvalue weighted by molar-refractivity contribution is 0.0620. The van der Waals surface area contributed by atoms with E-state index >= 15 is 0 Å². The minimum Gasteiger partial charge on any atom is -0.397 e. The molecule has 0 aliphatic carbocycles. The SMILES string of the molecule is CCCCc1ccc2c(N)c(C(=O)N3CCN(CCO)CC3)sc2n1. The summed E-state index contributed by atoms with van der Waals surface area (Å²) in [6.07, 6.45) is 3.21. The number of pyridine rings is 1. The molecule has 0 atom stereocenters. The van der Waals surface area contributed by atoms with Crippen molar-refractivity contribution in [2.24, 2.45) is 0 Å². The van der Waals surface area contributed by atoms with Crippen molar-refractivity contribution in [3.05, 3.63) is 22.7 Å². The van der Waals surface area contributed by atoms with Crippen LogP contribution in [0.1, 0.15) is 35.1 Å². The number of aliphatic hydroxyl groups excluding tert-OH is 1. The number of nitrogens with two attached hydrogens (primary N) is 1. The first-order chi connectivity index (χ1) is 12.1. The van der Waals surface area contributed by atoms with Gasteiger partial charge in [0.25, 0.3) is 5.91 Å². The van der Waals surface area contributed by atoms with Gasteiger partial charge in [-0.25, -0.2) is 4.98 Å². The molecule has 1 saturated heterocycles. The zero-order valence-corrected chi connectivity index (χ0v) is 15.5. The quantitative estimate of drug-likeness (QED) is 0.821. The van der Waals surface area contributed by atoms with Gasteiger partial charge in [-0.1, -0.05) is 13.3 Å². The van der Waals surface area contributed by atoms with E-state index in [1.807, 2.05) is 17.0 Å². The molecule has 0 radical (unpaired) electrons. The molecule has 1 aliphatic rings. The molecule has 7 heteroatoms. The number of hydrogen-bond acceptors (Lipinski definition) is 6. The highest BCUT2D eigenvalue weighted by Gasteiger charge is 2.26. The minimum atomic E-state index is -0.000688. The molecular weight excluding hydrogens is 336 g/mol. The van der Waals surface area contributed by atoms with Gasteiger partial charge in [-0.2, -0.15) is 0 Å². The number of anilines is 1. The van der Waals surface area contributed by atoms with Crippen molar-refractivity contribution >= 4 is 33.1 Å². The Hall–Kier alpha value is -1.70. The summed E-state index contributed by atoms with van der Waals surface area (Å²) in [6, 6.07) is 4.01. The average Bonchev–Trinajstić information content (AvgIpc) is 2.96.